The van der Waals surface area contributed by atoms with Crippen LogP contribution >= 0.6 is 0 Å². The fraction of sp³-hybridized carbons (Fsp3) is 0.500. The maximum atomic E-state index is 12.2. The van der Waals surface area contributed by atoms with Gasteiger partial charge in [0.15, 0.2) is 0 Å². The molecule has 1 aromatic carbocycles. The van der Waals surface area contributed by atoms with Gasteiger partial charge in [0.25, 0.3) is 0 Å². The molecule has 1 atom stereocenters. The van der Waals surface area contributed by atoms with Crippen LogP contribution in [0.2, 0.25) is 0 Å². The number of likely N-dealkylation sites (tertiary alicyclic amines) is 1. The summed E-state index contributed by atoms with van der Waals surface area (Å²) in [6, 6.07) is 7.72. The van der Waals surface area contributed by atoms with Crippen molar-refractivity contribution in [2.45, 2.75) is 25.7 Å². The van der Waals surface area contributed by atoms with E-state index in [0.29, 0.717) is 19.4 Å². The molecule has 0 radical (unpaired) electrons. The smallest absolute Gasteiger partial charge is 0.222 e. The molecular weight excluding hydrogens is 268 g/mol. The van der Waals surface area contributed by atoms with Gasteiger partial charge in [-0.25, -0.2) is 0 Å². The van der Waals surface area contributed by atoms with Crippen LogP contribution in [0.1, 0.15) is 24.8 Å². The second-order valence-corrected chi connectivity index (χ2v) is 5.43. The maximum absolute atomic E-state index is 12.2. The second kappa shape index (κ2) is 7.11. The first-order valence-corrected chi connectivity index (χ1v) is 7.30. The molecule has 1 saturated heterocycles. The van der Waals surface area contributed by atoms with E-state index in [0.717, 1.165) is 30.7 Å². The number of benzene rings is 1. The van der Waals surface area contributed by atoms with Gasteiger partial charge >= 0.3 is 0 Å². The van der Waals surface area contributed by atoms with Crippen LogP contribution in [0.15, 0.2) is 24.3 Å². The minimum atomic E-state index is -0.303. The van der Waals surface area contributed by atoms with Crippen LogP contribution < -0.4 is 10.5 Å². The van der Waals surface area contributed by atoms with Crippen molar-refractivity contribution in [3.05, 3.63) is 29.8 Å². The van der Waals surface area contributed by atoms with E-state index in [9.17, 15) is 9.59 Å². The molecule has 2 amide bonds. The first-order chi connectivity index (χ1) is 10.1. The number of nitrogens with two attached hydrogens (primary N) is 1. The van der Waals surface area contributed by atoms with Gasteiger partial charge in [-0.15, -0.1) is 0 Å². The highest BCUT2D eigenvalue weighted by Gasteiger charge is 2.26. The van der Waals surface area contributed by atoms with E-state index < -0.39 is 0 Å². The fourth-order valence-corrected chi connectivity index (χ4v) is 2.64. The Kier molecular flexibility index (Phi) is 5.20. The summed E-state index contributed by atoms with van der Waals surface area (Å²) in [5.74, 6) is 0.411. The van der Waals surface area contributed by atoms with Gasteiger partial charge in [0, 0.05) is 19.5 Å². The van der Waals surface area contributed by atoms with E-state index >= 15 is 0 Å². The van der Waals surface area contributed by atoms with E-state index in [1.165, 1.54) is 0 Å². The molecule has 2 rings (SSSR count). The highest BCUT2D eigenvalue weighted by molar-refractivity contribution is 5.80. The summed E-state index contributed by atoms with van der Waals surface area (Å²) in [5, 5.41) is 0. The second-order valence-electron chi connectivity index (χ2n) is 5.43. The zero-order valence-electron chi connectivity index (χ0n) is 12.4. The Morgan fingerprint density at radius 2 is 2.05 bits per heavy atom. The molecule has 5 nitrogen and oxygen atoms in total. The molecule has 5 heteroatoms. The summed E-state index contributed by atoms with van der Waals surface area (Å²) in [4.78, 5) is 25.2. The third-order valence-electron chi connectivity index (χ3n) is 3.96. The Morgan fingerprint density at radius 1 is 1.33 bits per heavy atom. The van der Waals surface area contributed by atoms with Gasteiger partial charge in [-0.3, -0.25) is 9.59 Å². The number of methoxy groups -OCH3 is 1. The van der Waals surface area contributed by atoms with Crippen LogP contribution in [0.5, 0.6) is 5.75 Å². The van der Waals surface area contributed by atoms with Crippen molar-refractivity contribution in [3.63, 3.8) is 0 Å². The van der Waals surface area contributed by atoms with Crippen molar-refractivity contribution in [2.75, 3.05) is 20.2 Å². The number of primary amides is 1. The summed E-state index contributed by atoms with van der Waals surface area (Å²) in [6.45, 7) is 1.20. The molecule has 1 aliphatic heterocycles. The molecule has 0 aliphatic carbocycles. The Balaban J connectivity index is 1.84. The molecule has 2 N–H and O–H groups in total. The standard InChI is InChI=1S/C16H22N2O3/c1-21-14-7-4-12(5-8-14)6-9-15(19)18-10-2-3-13(11-18)16(17)20/h4-5,7-8,13H,2-3,6,9-11H2,1H3,(H2,17,20). The van der Waals surface area contributed by atoms with E-state index in [-0.39, 0.29) is 17.7 Å². The Hall–Kier alpha value is -2.04. The molecule has 0 aromatic heterocycles. The monoisotopic (exact) mass is 290 g/mol. The first kappa shape index (κ1) is 15.4. The molecule has 1 aromatic rings. The largest absolute Gasteiger partial charge is 0.497 e. The van der Waals surface area contributed by atoms with Gasteiger partial charge in [0.05, 0.1) is 13.0 Å². The van der Waals surface area contributed by atoms with Crippen LogP contribution in [-0.4, -0.2) is 36.9 Å². The molecule has 1 heterocycles. The van der Waals surface area contributed by atoms with Crippen molar-refractivity contribution >= 4 is 11.8 Å². The Morgan fingerprint density at radius 3 is 2.67 bits per heavy atom. The van der Waals surface area contributed by atoms with Crippen molar-refractivity contribution in [2.24, 2.45) is 11.7 Å². The molecule has 0 spiro atoms. The third-order valence-corrected chi connectivity index (χ3v) is 3.96. The van der Waals surface area contributed by atoms with Crippen LogP contribution in [0.25, 0.3) is 0 Å². The van der Waals surface area contributed by atoms with E-state index in [1.807, 2.05) is 24.3 Å². The van der Waals surface area contributed by atoms with Crippen molar-refractivity contribution in [3.8, 4) is 5.75 Å². The maximum Gasteiger partial charge on any atom is 0.222 e. The molecule has 0 bridgehead atoms. The minimum Gasteiger partial charge on any atom is -0.497 e. The third kappa shape index (κ3) is 4.21. The van der Waals surface area contributed by atoms with Gasteiger partial charge < -0.3 is 15.4 Å². The molecule has 114 valence electrons. The van der Waals surface area contributed by atoms with Crippen molar-refractivity contribution < 1.29 is 14.3 Å². The van der Waals surface area contributed by atoms with Gasteiger partial charge in [-0.05, 0) is 37.0 Å². The number of hydrogen-bond acceptors (Lipinski definition) is 3. The molecule has 1 unspecified atom stereocenters. The highest BCUT2D eigenvalue weighted by atomic mass is 16.5. The first-order valence-electron chi connectivity index (χ1n) is 7.30. The normalized spacial score (nSPS) is 18.3. The Labute approximate surface area is 125 Å². The molecule has 1 fully saturated rings. The average molecular weight is 290 g/mol. The zero-order chi connectivity index (χ0) is 15.2. The topological polar surface area (TPSA) is 72.6 Å². The van der Waals surface area contributed by atoms with E-state index in [2.05, 4.69) is 0 Å². The predicted molar refractivity (Wildman–Crippen MR) is 79.8 cm³/mol. The number of aryl methyl sites for hydroxylation is 1. The lowest BCUT2D eigenvalue weighted by Gasteiger charge is -2.31. The van der Waals surface area contributed by atoms with Gasteiger partial charge in [-0.2, -0.15) is 0 Å². The highest BCUT2D eigenvalue weighted by Crippen LogP contribution is 2.18. The number of carbonyl (C=O) groups is 2. The minimum absolute atomic E-state index is 0.0942. The molecule has 0 saturated carbocycles. The van der Waals surface area contributed by atoms with Gasteiger partial charge in [-0.1, -0.05) is 12.1 Å². The molecule has 21 heavy (non-hydrogen) atoms. The number of carbonyl (C=O) groups excluding carboxylic acids is 2. The SMILES string of the molecule is COc1ccc(CCC(=O)N2CCCC(C(N)=O)C2)cc1. The molecule has 1 aliphatic rings. The summed E-state index contributed by atoms with van der Waals surface area (Å²) in [7, 11) is 1.63. The lowest BCUT2D eigenvalue weighted by atomic mass is 9.97. The summed E-state index contributed by atoms with van der Waals surface area (Å²) in [5.41, 5.74) is 6.44. The number of nitrogens with zero attached hydrogens (tertiary/aromatic N) is 1. The number of hydrogen-bond donors (Lipinski definition) is 1. The van der Waals surface area contributed by atoms with Crippen LogP contribution in [-0.2, 0) is 16.0 Å². The van der Waals surface area contributed by atoms with Crippen LogP contribution in [0.4, 0.5) is 0 Å². The average Bonchev–Trinajstić information content (AvgIpc) is 2.53. The zero-order valence-corrected chi connectivity index (χ0v) is 12.4. The van der Waals surface area contributed by atoms with E-state index in [4.69, 9.17) is 10.5 Å². The molecular formula is C16H22N2O3. The Bertz CT molecular complexity index is 499. The summed E-state index contributed by atoms with van der Waals surface area (Å²) in [6.07, 6.45) is 2.79. The van der Waals surface area contributed by atoms with Crippen LogP contribution in [0, 0.1) is 5.92 Å². The fourth-order valence-electron chi connectivity index (χ4n) is 2.64. The predicted octanol–water partition coefficient (Wildman–Crippen LogP) is 1.35. The lowest BCUT2D eigenvalue weighted by molar-refractivity contribution is -0.134. The number of amides is 2. The van der Waals surface area contributed by atoms with Gasteiger partial charge in [0.1, 0.15) is 5.75 Å². The van der Waals surface area contributed by atoms with Crippen molar-refractivity contribution in [1.29, 1.82) is 0 Å². The summed E-state index contributed by atoms with van der Waals surface area (Å²) < 4.78 is 5.11. The van der Waals surface area contributed by atoms with E-state index in [1.54, 1.807) is 12.0 Å². The van der Waals surface area contributed by atoms with Gasteiger partial charge in [0.2, 0.25) is 11.8 Å². The van der Waals surface area contributed by atoms with Crippen molar-refractivity contribution in [1.82, 2.24) is 4.90 Å². The number of rotatable bonds is 5. The number of piperidine rings is 1. The quantitative estimate of drug-likeness (QED) is 0.889. The number of ether oxygens (including phenoxy) is 1. The summed E-state index contributed by atoms with van der Waals surface area (Å²) >= 11 is 0. The lowest BCUT2D eigenvalue weighted by Crippen LogP contribution is -2.44. The van der Waals surface area contributed by atoms with Crippen LogP contribution in [0.3, 0.4) is 0 Å².